The number of nitrogens with one attached hydrogen (secondary N) is 2. The number of benzene rings is 3. The SMILES string of the molecule is O=C(Nc1cc(F)cc(F)c1)C(Cc1ccccc1)NS(=O)(=O)c1ccccc1F. The summed E-state index contributed by atoms with van der Waals surface area (Å²) >= 11 is 0. The Bertz CT molecular complexity index is 1130. The van der Waals surface area contributed by atoms with E-state index in [9.17, 15) is 26.4 Å². The molecule has 0 saturated carbocycles. The molecule has 0 saturated heterocycles. The first-order valence-electron chi connectivity index (χ1n) is 8.82. The van der Waals surface area contributed by atoms with Crippen molar-refractivity contribution in [1.82, 2.24) is 4.72 Å². The van der Waals surface area contributed by atoms with E-state index in [1.807, 2.05) is 0 Å². The fourth-order valence-corrected chi connectivity index (χ4v) is 4.08. The van der Waals surface area contributed by atoms with Gasteiger partial charge in [-0.15, -0.1) is 0 Å². The molecule has 0 heterocycles. The molecule has 1 amide bonds. The maximum atomic E-state index is 14.0. The number of anilines is 1. The minimum absolute atomic E-state index is 0.0713. The molecule has 156 valence electrons. The predicted molar refractivity (Wildman–Crippen MR) is 106 cm³/mol. The van der Waals surface area contributed by atoms with Crippen molar-refractivity contribution in [3.63, 3.8) is 0 Å². The average molecular weight is 434 g/mol. The first kappa shape index (κ1) is 21.5. The smallest absolute Gasteiger partial charge is 0.244 e. The van der Waals surface area contributed by atoms with E-state index in [2.05, 4.69) is 10.0 Å². The van der Waals surface area contributed by atoms with Gasteiger partial charge in [-0.25, -0.2) is 21.6 Å². The quantitative estimate of drug-likeness (QED) is 0.596. The molecule has 0 aliphatic rings. The van der Waals surface area contributed by atoms with Crippen molar-refractivity contribution in [3.05, 3.63) is 95.8 Å². The molecule has 3 rings (SSSR count). The van der Waals surface area contributed by atoms with Crippen molar-refractivity contribution in [2.45, 2.75) is 17.4 Å². The van der Waals surface area contributed by atoms with Gasteiger partial charge < -0.3 is 5.32 Å². The molecule has 0 aliphatic heterocycles. The number of hydrogen-bond acceptors (Lipinski definition) is 3. The van der Waals surface area contributed by atoms with Crippen molar-refractivity contribution >= 4 is 21.6 Å². The molecule has 9 heteroatoms. The van der Waals surface area contributed by atoms with Crippen LogP contribution in [0.1, 0.15) is 5.56 Å². The second-order valence-corrected chi connectivity index (χ2v) is 8.12. The Morgan fingerprint density at radius 3 is 2.10 bits per heavy atom. The summed E-state index contributed by atoms with van der Waals surface area (Å²) in [6.45, 7) is 0. The highest BCUT2D eigenvalue weighted by Crippen LogP contribution is 2.17. The van der Waals surface area contributed by atoms with Crippen molar-refractivity contribution in [2.24, 2.45) is 0 Å². The number of sulfonamides is 1. The molecule has 1 atom stereocenters. The summed E-state index contributed by atoms with van der Waals surface area (Å²) in [7, 11) is -4.40. The fraction of sp³-hybridized carbons (Fsp3) is 0.0952. The molecule has 0 aromatic heterocycles. The Morgan fingerprint density at radius 1 is 0.867 bits per heavy atom. The monoisotopic (exact) mass is 434 g/mol. The molecule has 30 heavy (non-hydrogen) atoms. The third-order valence-electron chi connectivity index (χ3n) is 4.15. The maximum absolute atomic E-state index is 14.0. The molecule has 5 nitrogen and oxygen atoms in total. The van der Waals surface area contributed by atoms with Crippen LogP contribution in [0.15, 0.2) is 77.7 Å². The van der Waals surface area contributed by atoms with Gasteiger partial charge in [0.15, 0.2) is 0 Å². The standard InChI is InChI=1S/C21H17F3N2O3S/c22-15-11-16(23)13-17(12-15)25-21(27)19(10-14-6-2-1-3-7-14)26-30(28,29)20-9-5-4-8-18(20)24/h1-9,11-13,19,26H,10H2,(H,25,27). The number of halogens is 3. The topological polar surface area (TPSA) is 75.3 Å². The lowest BCUT2D eigenvalue weighted by Gasteiger charge is -2.19. The number of amides is 1. The molecule has 0 bridgehead atoms. The van der Waals surface area contributed by atoms with E-state index in [1.54, 1.807) is 30.3 Å². The lowest BCUT2D eigenvalue weighted by molar-refractivity contribution is -0.117. The van der Waals surface area contributed by atoms with Gasteiger partial charge in [0.05, 0.1) is 0 Å². The van der Waals surface area contributed by atoms with Gasteiger partial charge >= 0.3 is 0 Å². The Kier molecular flexibility index (Phi) is 6.53. The van der Waals surface area contributed by atoms with Crippen LogP contribution in [0.2, 0.25) is 0 Å². The fourth-order valence-electron chi connectivity index (χ4n) is 2.81. The number of rotatable bonds is 7. The lowest BCUT2D eigenvalue weighted by atomic mass is 10.1. The van der Waals surface area contributed by atoms with Gasteiger partial charge in [-0.3, -0.25) is 4.79 Å². The van der Waals surface area contributed by atoms with E-state index in [0.717, 1.165) is 24.3 Å². The largest absolute Gasteiger partial charge is 0.324 e. The second-order valence-electron chi connectivity index (χ2n) is 6.44. The third-order valence-corrected chi connectivity index (χ3v) is 5.66. The van der Waals surface area contributed by atoms with Gasteiger partial charge in [-0.05, 0) is 36.2 Å². The Labute approximate surface area is 171 Å². The Balaban J connectivity index is 1.90. The average Bonchev–Trinajstić information content (AvgIpc) is 2.67. The summed E-state index contributed by atoms with van der Waals surface area (Å²) < 4.78 is 68.4. The zero-order valence-corrected chi connectivity index (χ0v) is 16.3. The molecule has 0 fully saturated rings. The highest BCUT2D eigenvalue weighted by atomic mass is 32.2. The Hall–Kier alpha value is -3.17. The highest BCUT2D eigenvalue weighted by Gasteiger charge is 2.28. The molecular weight excluding hydrogens is 417 g/mol. The summed E-state index contributed by atoms with van der Waals surface area (Å²) in [6.07, 6.45) is -0.0713. The molecule has 1 unspecified atom stereocenters. The van der Waals surface area contributed by atoms with E-state index in [1.165, 1.54) is 12.1 Å². The number of carbonyl (C=O) groups is 1. The molecule has 0 spiro atoms. The van der Waals surface area contributed by atoms with Gasteiger partial charge in [0.25, 0.3) is 0 Å². The first-order chi connectivity index (χ1) is 14.2. The lowest BCUT2D eigenvalue weighted by Crippen LogP contribution is -2.45. The van der Waals surface area contributed by atoms with E-state index in [0.29, 0.717) is 11.6 Å². The van der Waals surface area contributed by atoms with Gasteiger partial charge in [-0.2, -0.15) is 4.72 Å². The summed E-state index contributed by atoms with van der Waals surface area (Å²) in [5.41, 5.74) is 0.444. The summed E-state index contributed by atoms with van der Waals surface area (Å²) in [5, 5.41) is 2.29. The zero-order valence-electron chi connectivity index (χ0n) is 15.5. The van der Waals surface area contributed by atoms with Crippen molar-refractivity contribution < 1.29 is 26.4 Å². The third kappa shape index (κ3) is 5.46. The normalized spacial score (nSPS) is 12.4. The van der Waals surface area contributed by atoms with Gasteiger partial charge in [-0.1, -0.05) is 42.5 Å². The van der Waals surface area contributed by atoms with Gasteiger partial charge in [0.1, 0.15) is 28.4 Å². The van der Waals surface area contributed by atoms with Crippen LogP contribution in [0.4, 0.5) is 18.9 Å². The van der Waals surface area contributed by atoms with Crippen LogP contribution in [0.25, 0.3) is 0 Å². The van der Waals surface area contributed by atoms with E-state index in [-0.39, 0.29) is 12.1 Å². The van der Waals surface area contributed by atoms with E-state index >= 15 is 0 Å². The van der Waals surface area contributed by atoms with Crippen LogP contribution >= 0.6 is 0 Å². The zero-order chi connectivity index (χ0) is 21.7. The molecule has 3 aromatic rings. The Morgan fingerprint density at radius 2 is 1.47 bits per heavy atom. The molecule has 3 aromatic carbocycles. The minimum Gasteiger partial charge on any atom is -0.324 e. The summed E-state index contributed by atoms with van der Waals surface area (Å²) in [5.74, 6) is -3.64. The van der Waals surface area contributed by atoms with Crippen molar-refractivity contribution in [3.8, 4) is 0 Å². The van der Waals surface area contributed by atoms with Crippen LogP contribution in [0, 0.1) is 17.5 Å². The number of hydrogen-bond donors (Lipinski definition) is 2. The van der Waals surface area contributed by atoms with Crippen LogP contribution < -0.4 is 10.0 Å². The van der Waals surface area contributed by atoms with Gasteiger partial charge in [0.2, 0.25) is 15.9 Å². The van der Waals surface area contributed by atoms with Crippen LogP contribution in [0.3, 0.4) is 0 Å². The molecule has 0 radical (unpaired) electrons. The molecule has 0 aliphatic carbocycles. The van der Waals surface area contributed by atoms with Crippen LogP contribution in [0.5, 0.6) is 0 Å². The van der Waals surface area contributed by atoms with Crippen LogP contribution in [-0.4, -0.2) is 20.4 Å². The van der Waals surface area contributed by atoms with E-state index < -0.39 is 44.3 Å². The maximum Gasteiger partial charge on any atom is 0.244 e. The summed E-state index contributed by atoms with van der Waals surface area (Å²) in [4.78, 5) is 12.1. The highest BCUT2D eigenvalue weighted by molar-refractivity contribution is 7.89. The predicted octanol–water partition coefficient (Wildman–Crippen LogP) is 3.63. The second kappa shape index (κ2) is 9.10. The van der Waals surface area contributed by atoms with Crippen LogP contribution in [-0.2, 0) is 21.2 Å². The van der Waals surface area contributed by atoms with Crippen molar-refractivity contribution in [1.29, 1.82) is 0 Å². The first-order valence-corrected chi connectivity index (χ1v) is 10.3. The molecule has 2 N–H and O–H groups in total. The molecular formula is C21H17F3N2O3S. The van der Waals surface area contributed by atoms with E-state index in [4.69, 9.17) is 0 Å². The van der Waals surface area contributed by atoms with Gasteiger partial charge in [0, 0.05) is 11.8 Å². The number of carbonyl (C=O) groups excluding carboxylic acids is 1. The summed E-state index contributed by atoms with van der Waals surface area (Å²) in [6, 6.07) is 14.3. The van der Waals surface area contributed by atoms with Crippen molar-refractivity contribution in [2.75, 3.05) is 5.32 Å². The minimum atomic E-state index is -4.40.